The molecule has 2 aromatic rings. The number of benzene rings is 1. The van der Waals surface area contributed by atoms with Crippen LogP contribution in [0.5, 0.6) is 0 Å². The maximum absolute atomic E-state index is 13.6. The first-order valence-electron chi connectivity index (χ1n) is 5.51. The van der Waals surface area contributed by atoms with Crippen LogP contribution in [-0.4, -0.2) is 4.98 Å². The summed E-state index contributed by atoms with van der Waals surface area (Å²) in [6, 6.07) is 9.73. The van der Waals surface area contributed by atoms with Crippen molar-refractivity contribution in [1.29, 1.82) is 0 Å². The second-order valence-electron chi connectivity index (χ2n) is 4.04. The Morgan fingerprint density at radius 1 is 1.35 bits per heavy atom. The molecule has 0 aliphatic rings. The molecular formula is C15H14FN. The van der Waals surface area contributed by atoms with Crippen molar-refractivity contribution in [2.75, 3.05) is 0 Å². The van der Waals surface area contributed by atoms with E-state index in [-0.39, 0.29) is 5.82 Å². The van der Waals surface area contributed by atoms with E-state index in [2.05, 4.69) is 11.6 Å². The highest BCUT2D eigenvalue weighted by molar-refractivity contribution is 5.48. The summed E-state index contributed by atoms with van der Waals surface area (Å²) in [5, 5.41) is 0. The number of pyridine rings is 1. The molecule has 2 heteroatoms. The third kappa shape index (κ3) is 2.78. The van der Waals surface area contributed by atoms with Gasteiger partial charge in [0.25, 0.3) is 0 Å². The SMILES string of the molecule is C=Cc1cccc(Cc2cc(C)ncc2F)c1. The molecule has 0 N–H and O–H groups in total. The summed E-state index contributed by atoms with van der Waals surface area (Å²) in [4.78, 5) is 3.92. The predicted molar refractivity (Wildman–Crippen MR) is 68.3 cm³/mol. The van der Waals surface area contributed by atoms with Gasteiger partial charge in [-0.15, -0.1) is 0 Å². The molecule has 0 unspecified atom stereocenters. The van der Waals surface area contributed by atoms with Crippen LogP contribution in [-0.2, 0) is 6.42 Å². The largest absolute Gasteiger partial charge is 0.259 e. The molecule has 1 aromatic heterocycles. The normalized spacial score (nSPS) is 10.2. The van der Waals surface area contributed by atoms with Gasteiger partial charge in [-0.25, -0.2) is 4.39 Å². The summed E-state index contributed by atoms with van der Waals surface area (Å²) in [6.45, 7) is 5.59. The van der Waals surface area contributed by atoms with Crippen LogP contribution in [0.1, 0.15) is 22.4 Å². The first-order valence-corrected chi connectivity index (χ1v) is 5.51. The van der Waals surface area contributed by atoms with Gasteiger partial charge in [-0.05, 0) is 29.7 Å². The molecule has 86 valence electrons. The molecule has 2 rings (SSSR count). The molecule has 0 amide bonds. The van der Waals surface area contributed by atoms with Gasteiger partial charge in [-0.2, -0.15) is 0 Å². The minimum Gasteiger partial charge on any atom is -0.259 e. The zero-order chi connectivity index (χ0) is 12.3. The van der Waals surface area contributed by atoms with Crippen molar-refractivity contribution in [2.45, 2.75) is 13.3 Å². The maximum Gasteiger partial charge on any atom is 0.145 e. The molecule has 0 atom stereocenters. The van der Waals surface area contributed by atoms with Gasteiger partial charge in [0.05, 0.1) is 6.20 Å². The fourth-order valence-corrected chi connectivity index (χ4v) is 1.79. The molecule has 0 aliphatic heterocycles. The Bertz CT molecular complexity index is 546. The van der Waals surface area contributed by atoms with Gasteiger partial charge in [-0.1, -0.05) is 36.9 Å². The minimum atomic E-state index is -0.250. The summed E-state index contributed by atoms with van der Waals surface area (Å²) >= 11 is 0. The molecule has 1 aromatic carbocycles. The van der Waals surface area contributed by atoms with Crippen LogP contribution < -0.4 is 0 Å². The number of halogens is 1. The van der Waals surface area contributed by atoms with Crippen molar-refractivity contribution < 1.29 is 4.39 Å². The van der Waals surface area contributed by atoms with Crippen molar-refractivity contribution in [2.24, 2.45) is 0 Å². The lowest BCUT2D eigenvalue weighted by Crippen LogP contribution is -1.95. The topological polar surface area (TPSA) is 12.9 Å². The third-order valence-corrected chi connectivity index (χ3v) is 2.65. The summed E-state index contributed by atoms with van der Waals surface area (Å²) in [6.07, 6.45) is 3.65. The molecule has 0 fully saturated rings. The van der Waals surface area contributed by atoms with Gasteiger partial charge in [0.1, 0.15) is 5.82 Å². The zero-order valence-electron chi connectivity index (χ0n) is 9.78. The summed E-state index contributed by atoms with van der Waals surface area (Å²) in [5.74, 6) is -0.250. The van der Waals surface area contributed by atoms with E-state index in [1.807, 2.05) is 31.2 Å². The number of nitrogens with zero attached hydrogens (tertiary/aromatic N) is 1. The standard InChI is InChI=1S/C15H14FN/c1-3-12-5-4-6-13(8-12)9-14-7-11(2)17-10-15(14)16/h3-8,10H,1,9H2,2H3. The molecule has 0 bridgehead atoms. The Morgan fingerprint density at radius 2 is 2.18 bits per heavy atom. The van der Waals surface area contributed by atoms with Crippen molar-refractivity contribution in [1.82, 2.24) is 4.98 Å². The fourth-order valence-electron chi connectivity index (χ4n) is 1.79. The highest BCUT2D eigenvalue weighted by Gasteiger charge is 2.04. The highest BCUT2D eigenvalue weighted by Crippen LogP contribution is 2.15. The average molecular weight is 227 g/mol. The summed E-state index contributed by atoms with van der Waals surface area (Å²) in [7, 11) is 0. The Labute approximate surface area is 101 Å². The van der Waals surface area contributed by atoms with Crippen LogP contribution in [0.25, 0.3) is 6.08 Å². The van der Waals surface area contributed by atoms with Crippen LogP contribution in [0.3, 0.4) is 0 Å². The lowest BCUT2D eigenvalue weighted by molar-refractivity contribution is 0.606. The number of hydrogen-bond donors (Lipinski definition) is 0. The number of rotatable bonds is 3. The van der Waals surface area contributed by atoms with E-state index in [1.54, 1.807) is 12.1 Å². The lowest BCUT2D eigenvalue weighted by Gasteiger charge is -2.05. The Balaban J connectivity index is 2.30. The van der Waals surface area contributed by atoms with Gasteiger partial charge in [0.15, 0.2) is 0 Å². The number of aryl methyl sites for hydroxylation is 1. The van der Waals surface area contributed by atoms with Gasteiger partial charge in [0, 0.05) is 12.1 Å². The van der Waals surface area contributed by atoms with Gasteiger partial charge < -0.3 is 0 Å². The van der Waals surface area contributed by atoms with Crippen LogP contribution in [0.4, 0.5) is 4.39 Å². The van der Waals surface area contributed by atoms with E-state index in [0.717, 1.165) is 16.8 Å². The van der Waals surface area contributed by atoms with E-state index >= 15 is 0 Å². The molecule has 1 nitrogen and oxygen atoms in total. The lowest BCUT2D eigenvalue weighted by atomic mass is 10.0. The molecule has 0 saturated heterocycles. The van der Waals surface area contributed by atoms with Gasteiger partial charge in [-0.3, -0.25) is 4.98 Å². The first-order chi connectivity index (χ1) is 8.19. The molecular weight excluding hydrogens is 213 g/mol. The average Bonchev–Trinajstić information content (AvgIpc) is 2.34. The zero-order valence-corrected chi connectivity index (χ0v) is 9.78. The van der Waals surface area contributed by atoms with Crippen LogP contribution >= 0.6 is 0 Å². The molecule has 1 heterocycles. The number of aromatic nitrogens is 1. The predicted octanol–water partition coefficient (Wildman–Crippen LogP) is 3.76. The smallest absolute Gasteiger partial charge is 0.145 e. The first kappa shape index (κ1) is 11.5. The van der Waals surface area contributed by atoms with Crippen molar-refractivity contribution in [3.63, 3.8) is 0 Å². The molecule has 0 saturated carbocycles. The molecule has 0 spiro atoms. The third-order valence-electron chi connectivity index (χ3n) is 2.65. The minimum absolute atomic E-state index is 0.250. The second-order valence-corrected chi connectivity index (χ2v) is 4.04. The summed E-state index contributed by atoms with van der Waals surface area (Å²) in [5.41, 5.74) is 3.64. The van der Waals surface area contributed by atoms with Crippen molar-refractivity contribution >= 4 is 6.08 Å². The van der Waals surface area contributed by atoms with Crippen molar-refractivity contribution in [3.05, 3.63) is 71.3 Å². The van der Waals surface area contributed by atoms with Crippen molar-refractivity contribution in [3.8, 4) is 0 Å². The number of hydrogen-bond acceptors (Lipinski definition) is 1. The fraction of sp³-hybridized carbons (Fsp3) is 0.133. The molecule has 17 heavy (non-hydrogen) atoms. The van der Waals surface area contributed by atoms with E-state index in [4.69, 9.17) is 0 Å². The highest BCUT2D eigenvalue weighted by atomic mass is 19.1. The van der Waals surface area contributed by atoms with Gasteiger partial charge in [0.2, 0.25) is 0 Å². The summed E-state index contributed by atoms with van der Waals surface area (Å²) < 4.78 is 13.6. The van der Waals surface area contributed by atoms with E-state index in [1.165, 1.54) is 6.20 Å². The Morgan fingerprint density at radius 3 is 2.94 bits per heavy atom. The van der Waals surface area contributed by atoms with Crippen LogP contribution in [0.15, 0.2) is 43.1 Å². The van der Waals surface area contributed by atoms with Gasteiger partial charge >= 0.3 is 0 Å². The Kier molecular flexibility index (Phi) is 3.33. The van der Waals surface area contributed by atoms with E-state index < -0.39 is 0 Å². The molecule has 0 radical (unpaired) electrons. The Hall–Kier alpha value is -1.96. The second kappa shape index (κ2) is 4.91. The van der Waals surface area contributed by atoms with Crippen LogP contribution in [0, 0.1) is 12.7 Å². The quantitative estimate of drug-likeness (QED) is 0.778. The van der Waals surface area contributed by atoms with Crippen LogP contribution in [0.2, 0.25) is 0 Å². The maximum atomic E-state index is 13.6. The molecule has 0 aliphatic carbocycles. The monoisotopic (exact) mass is 227 g/mol. The van der Waals surface area contributed by atoms with E-state index in [9.17, 15) is 4.39 Å². The van der Waals surface area contributed by atoms with E-state index in [0.29, 0.717) is 12.0 Å².